The summed E-state index contributed by atoms with van der Waals surface area (Å²) in [4.78, 5) is 14.8. The maximum Gasteiger partial charge on any atom is 0.339 e. The molecule has 6 heteroatoms. The van der Waals surface area contributed by atoms with E-state index in [9.17, 15) is 4.79 Å². The number of carbonyl (C=O) groups is 1. The average Bonchev–Trinajstić information content (AvgIpc) is 2.46. The van der Waals surface area contributed by atoms with Crippen molar-refractivity contribution in [3.05, 3.63) is 52.8 Å². The summed E-state index contributed by atoms with van der Waals surface area (Å²) in [5.74, 6) is -0.0860. The molecule has 0 fully saturated rings. The van der Waals surface area contributed by atoms with Gasteiger partial charge < -0.3 is 14.6 Å². The van der Waals surface area contributed by atoms with Crippen LogP contribution < -0.4 is 9.47 Å². The lowest BCUT2D eigenvalue weighted by Gasteiger charge is -2.09. The van der Waals surface area contributed by atoms with Crippen LogP contribution in [0.5, 0.6) is 11.5 Å². The molecule has 0 spiro atoms. The highest BCUT2D eigenvalue weighted by Gasteiger charge is 2.10. The van der Waals surface area contributed by atoms with Crippen molar-refractivity contribution in [2.75, 3.05) is 13.2 Å². The van der Waals surface area contributed by atoms with Gasteiger partial charge in [0.25, 0.3) is 0 Å². The van der Waals surface area contributed by atoms with Gasteiger partial charge in [-0.25, -0.2) is 4.79 Å². The van der Waals surface area contributed by atoms with Gasteiger partial charge in [0.1, 0.15) is 24.5 Å². The van der Waals surface area contributed by atoms with Gasteiger partial charge in [0.05, 0.1) is 6.20 Å². The van der Waals surface area contributed by atoms with Crippen LogP contribution in [-0.2, 0) is 0 Å². The van der Waals surface area contributed by atoms with Crippen LogP contribution in [0.4, 0.5) is 0 Å². The Balaban J connectivity index is 1.84. The summed E-state index contributed by atoms with van der Waals surface area (Å²) in [5, 5.41) is 8.98. The Morgan fingerprint density at radius 1 is 1.15 bits per heavy atom. The van der Waals surface area contributed by atoms with Gasteiger partial charge in [-0.1, -0.05) is 15.9 Å². The van der Waals surface area contributed by atoms with Crippen molar-refractivity contribution in [3.8, 4) is 11.5 Å². The summed E-state index contributed by atoms with van der Waals surface area (Å²) in [6.07, 6.45) is 2.79. The maximum absolute atomic E-state index is 11.0. The number of aromatic nitrogens is 1. The van der Waals surface area contributed by atoms with Crippen LogP contribution in [0.2, 0.25) is 0 Å². The van der Waals surface area contributed by atoms with E-state index in [1.165, 1.54) is 18.5 Å². The first-order chi connectivity index (χ1) is 9.66. The summed E-state index contributed by atoms with van der Waals surface area (Å²) >= 11 is 3.34. The SMILES string of the molecule is O=C(O)c1ccncc1OCCOc1ccc(Br)cc1. The number of hydrogen-bond donors (Lipinski definition) is 1. The molecule has 2 rings (SSSR count). The second-order valence-electron chi connectivity index (χ2n) is 3.83. The van der Waals surface area contributed by atoms with Crippen LogP contribution in [0.3, 0.4) is 0 Å². The fraction of sp³-hybridized carbons (Fsp3) is 0.143. The smallest absolute Gasteiger partial charge is 0.339 e. The van der Waals surface area contributed by atoms with Crippen molar-refractivity contribution in [1.82, 2.24) is 4.98 Å². The first-order valence-electron chi connectivity index (χ1n) is 5.85. The quantitative estimate of drug-likeness (QED) is 0.820. The van der Waals surface area contributed by atoms with Gasteiger partial charge in [-0.05, 0) is 30.3 Å². The Labute approximate surface area is 124 Å². The van der Waals surface area contributed by atoms with E-state index >= 15 is 0 Å². The van der Waals surface area contributed by atoms with Crippen molar-refractivity contribution in [2.24, 2.45) is 0 Å². The molecule has 1 N–H and O–H groups in total. The number of nitrogens with zero attached hydrogens (tertiary/aromatic N) is 1. The van der Waals surface area contributed by atoms with E-state index in [-0.39, 0.29) is 17.9 Å². The first-order valence-corrected chi connectivity index (χ1v) is 6.64. The normalized spacial score (nSPS) is 10.1. The Morgan fingerprint density at radius 3 is 2.55 bits per heavy atom. The Hall–Kier alpha value is -2.08. The largest absolute Gasteiger partial charge is 0.490 e. The van der Waals surface area contributed by atoms with Crippen molar-refractivity contribution < 1.29 is 19.4 Å². The molecule has 5 nitrogen and oxygen atoms in total. The van der Waals surface area contributed by atoms with Gasteiger partial charge in [0.2, 0.25) is 0 Å². The van der Waals surface area contributed by atoms with Crippen molar-refractivity contribution >= 4 is 21.9 Å². The van der Waals surface area contributed by atoms with E-state index < -0.39 is 5.97 Å². The summed E-state index contributed by atoms with van der Waals surface area (Å²) in [6.45, 7) is 0.553. The Bertz CT molecular complexity index is 586. The van der Waals surface area contributed by atoms with E-state index in [0.717, 1.165) is 10.2 Å². The molecule has 0 saturated carbocycles. The summed E-state index contributed by atoms with van der Waals surface area (Å²) in [6, 6.07) is 8.81. The standard InChI is InChI=1S/C14H12BrNO4/c15-10-1-3-11(4-2-10)19-7-8-20-13-9-16-6-5-12(13)14(17)18/h1-6,9H,7-8H2,(H,17,18). The number of ether oxygens (including phenoxy) is 2. The number of hydrogen-bond acceptors (Lipinski definition) is 4. The highest BCUT2D eigenvalue weighted by atomic mass is 79.9. The number of carboxylic acid groups (broad SMARTS) is 1. The molecule has 0 aliphatic heterocycles. The lowest BCUT2D eigenvalue weighted by Crippen LogP contribution is -2.11. The van der Waals surface area contributed by atoms with Crippen molar-refractivity contribution in [1.29, 1.82) is 0 Å². The molecule has 1 aromatic heterocycles. The van der Waals surface area contributed by atoms with Crippen molar-refractivity contribution in [2.45, 2.75) is 0 Å². The zero-order chi connectivity index (χ0) is 14.4. The number of halogens is 1. The second kappa shape index (κ2) is 6.91. The molecule has 0 aliphatic carbocycles. The topological polar surface area (TPSA) is 68.7 Å². The van der Waals surface area contributed by atoms with Crippen LogP contribution in [0.25, 0.3) is 0 Å². The van der Waals surface area contributed by atoms with Gasteiger partial charge in [-0.15, -0.1) is 0 Å². The lowest BCUT2D eigenvalue weighted by atomic mass is 10.2. The molecule has 0 unspecified atom stereocenters. The molecule has 1 heterocycles. The van der Waals surface area contributed by atoms with Crippen LogP contribution in [0, 0.1) is 0 Å². The van der Waals surface area contributed by atoms with Crippen LogP contribution in [-0.4, -0.2) is 29.3 Å². The number of carboxylic acids is 1. The third kappa shape index (κ3) is 3.96. The van der Waals surface area contributed by atoms with Crippen LogP contribution >= 0.6 is 15.9 Å². The highest BCUT2D eigenvalue weighted by molar-refractivity contribution is 9.10. The van der Waals surface area contributed by atoms with Gasteiger partial charge >= 0.3 is 5.97 Å². The summed E-state index contributed by atoms with van der Waals surface area (Å²) < 4.78 is 11.8. The van der Waals surface area contributed by atoms with Gasteiger partial charge in [0, 0.05) is 10.7 Å². The molecule has 0 radical (unpaired) electrons. The molecule has 0 bridgehead atoms. The third-order valence-corrected chi connectivity index (χ3v) is 2.97. The van der Waals surface area contributed by atoms with E-state index in [0.29, 0.717) is 6.61 Å². The molecule has 0 saturated heterocycles. The molecule has 2 aromatic rings. The summed E-state index contributed by atoms with van der Waals surface area (Å²) in [5.41, 5.74) is 0.0867. The fourth-order valence-electron chi connectivity index (χ4n) is 1.51. The zero-order valence-corrected chi connectivity index (χ0v) is 12.0. The monoisotopic (exact) mass is 337 g/mol. The Morgan fingerprint density at radius 2 is 1.85 bits per heavy atom. The molecule has 0 aliphatic rings. The molecule has 0 amide bonds. The minimum Gasteiger partial charge on any atom is -0.490 e. The maximum atomic E-state index is 11.0. The predicted molar refractivity (Wildman–Crippen MR) is 76.3 cm³/mol. The van der Waals surface area contributed by atoms with Gasteiger partial charge in [-0.2, -0.15) is 0 Å². The Kier molecular flexibility index (Phi) is 4.95. The number of rotatable bonds is 6. The van der Waals surface area contributed by atoms with E-state index in [2.05, 4.69) is 20.9 Å². The number of benzene rings is 1. The zero-order valence-electron chi connectivity index (χ0n) is 10.5. The van der Waals surface area contributed by atoms with Crippen LogP contribution in [0.1, 0.15) is 10.4 Å². The molecular weight excluding hydrogens is 326 g/mol. The van der Waals surface area contributed by atoms with E-state index in [1.54, 1.807) is 0 Å². The fourth-order valence-corrected chi connectivity index (χ4v) is 1.78. The first kappa shape index (κ1) is 14.3. The second-order valence-corrected chi connectivity index (χ2v) is 4.74. The molecule has 0 atom stereocenters. The lowest BCUT2D eigenvalue weighted by molar-refractivity contribution is 0.0691. The van der Waals surface area contributed by atoms with Gasteiger partial charge in [0.15, 0.2) is 5.75 Å². The van der Waals surface area contributed by atoms with Crippen LogP contribution in [0.15, 0.2) is 47.2 Å². The summed E-state index contributed by atoms with van der Waals surface area (Å²) in [7, 11) is 0. The minimum absolute atomic E-state index is 0.0867. The third-order valence-electron chi connectivity index (χ3n) is 2.44. The number of pyridine rings is 1. The molecule has 1 aromatic carbocycles. The molecule has 20 heavy (non-hydrogen) atoms. The molecule has 104 valence electrons. The van der Waals surface area contributed by atoms with Crippen molar-refractivity contribution in [3.63, 3.8) is 0 Å². The average molecular weight is 338 g/mol. The highest BCUT2D eigenvalue weighted by Crippen LogP contribution is 2.17. The number of aromatic carboxylic acids is 1. The minimum atomic E-state index is -1.05. The van der Waals surface area contributed by atoms with E-state index in [1.807, 2.05) is 24.3 Å². The predicted octanol–water partition coefficient (Wildman–Crippen LogP) is 3.00. The van der Waals surface area contributed by atoms with Gasteiger partial charge in [-0.3, -0.25) is 4.98 Å². The molecular formula is C14H12BrNO4. The van der Waals surface area contributed by atoms with E-state index in [4.69, 9.17) is 14.6 Å².